The van der Waals surface area contributed by atoms with Crippen LogP contribution in [-0.4, -0.2) is 30.8 Å². The summed E-state index contributed by atoms with van der Waals surface area (Å²) in [5.41, 5.74) is 1.57. The van der Waals surface area contributed by atoms with E-state index in [1.165, 1.54) is 30.3 Å². The van der Waals surface area contributed by atoms with Gasteiger partial charge in [0.2, 0.25) is 0 Å². The van der Waals surface area contributed by atoms with Crippen molar-refractivity contribution >= 4 is 43.3 Å². The second-order valence-corrected chi connectivity index (χ2v) is 10.3. The number of alkyl halides is 3. The monoisotopic (exact) mass is 587 g/mol. The maximum absolute atomic E-state index is 13.9. The maximum atomic E-state index is 13.9. The molecule has 2 heterocycles. The topological polar surface area (TPSA) is 114 Å². The highest BCUT2D eigenvalue weighted by atomic mass is 32.3. The Kier molecular flexibility index (Phi) is 7.12. The lowest BCUT2D eigenvalue weighted by molar-refractivity contribution is -0.153. The molecule has 0 amide bonds. The standard InChI is InChI=1S/C28H21F4N3O5S/c1-2-3-9-35-23-12-20(17-5-4-6-18(11-17)40-41(32,37)38)24(39-15-28(29,30)31)13-21(23)26(36)25-19-8-7-16(14-33)10-22(19)34-27(25)35/h4-8,10-13,34H,2-3,9,15H2,1H3. The van der Waals surface area contributed by atoms with E-state index in [4.69, 9.17) is 4.74 Å². The van der Waals surface area contributed by atoms with Crippen molar-refractivity contribution < 1.29 is 34.4 Å². The summed E-state index contributed by atoms with van der Waals surface area (Å²) in [7, 11) is -5.37. The molecule has 0 bridgehead atoms. The van der Waals surface area contributed by atoms with E-state index in [1.54, 1.807) is 18.2 Å². The Hall–Kier alpha value is -4.57. The van der Waals surface area contributed by atoms with Crippen LogP contribution in [0.2, 0.25) is 0 Å². The Labute approximate surface area is 230 Å². The summed E-state index contributed by atoms with van der Waals surface area (Å²) in [4.78, 5) is 17.1. The lowest BCUT2D eigenvalue weighted by Crippen LogP contribution is -2.20. The van der Waals surface area contributed by atoms with E-state index in [1.807, 2.05) is 11.5 Å². The summed E-state index contributed by atoms with van der Waals surface area (Å²) in [6.07, 6.45) is -3.20. The zero-order valence-electron chi connectivity index (χ0n) is 21.4. The quantitative estimate of drug-likeness (QED) is 0.164. The van der Waals surface area contributed by atoms with Crippen LogP contribution in [0, 0.1) is 11.3 Å². The van der Waals surface area contributed by atoms with Crippen molar-refractivity contribution in [3.05, 3.63) is 70.4 Å². The third-order valence-corrected chi connectivity index (χ3v) is 6.90. The molecule has 0 saturated heterocycles. The summed E-state index contributed by atoms with van der Waals surface area (Å²) in [5.74, 6) is -0.699. The summed E-state index contributed by atoms with van der Waals surface area (Å²) in [5, 5.41) is 10.3. The van der Waals surface area contributed by atoms with Crippen LogP contribution in [0.5, 0.6) is 11.5 Å². The van der Waals surface area contributed by atoms with Gasteiger partial charge >= 0.3 is 16.7 Å². The van der Waals surface area contributed by atoms with Crippen molar-refractivity contribution in [2.75, 3.05) is 6.61 Å². The van der Waals surface area contributed by atoms with Crippen LogP contribution in [0.3, 0.4) is 0 Å². The van der Waals surface area contributed by atoms with Crippen LogP contribution in [0.25, 0.3) is 44.0 Å². The van der Waals surface area contributed by atoms with Crippen molar-refractivity contribution in [3.8, 4) is 28.7 Å². The Balaban J connectivity index is 1.85. The molecule has 0 saturated carbocycles. The number of hydrogen-bond acceptors (Lipinski definition) is 6. The molecule has 0 aliphatic carbocycles. The highest BCUT2D eigenvalue weighted by Gasteiger charge is 2.29. The summed E-state index contributed by atoms with van der Waals surface area (Å²) in [6.45, 7) is 0.759. The van der Waals surface area contributed by atoms with Crippen LogP contribution in [0.4, 0.5) is 17.1 Å². The molecule has 13 heteroatoms. The number of nitrogens with one attached hydrogen (secondary N) is 1. The first-order chi connectivity index (χ1) is 19.4. The van der Waals surface area contributed by atoms with E-state index < -0.39 is 34.5 Å². The number of nitriles is 1. The summed E-state index contributed by atoms with van der Waals surface area (Å²) >= 11 is 0. The van der Waals surface area contributed by atoms with Gasteiger partial charge in [-0.1, -0.05) is 35.4 Å². The number of aromatic amines is 1. The molecule has 0 spiro atoms. The van der Waals surface area contributed by atoms with Gasteiger partial charge in [-0.2, -0.15) is 26.9 Å². The molecule has 5 rings (SSSR count). The molecule has 1 N–H and O–H groups in total. The number of aryl methyl sites for hydroxylation is 1. The van der Waals surface area contributed by atoms with E-state index in [0.717, 1.165) is 12.5 Å². The van der Waals surface area contributed by atoms with Crippen LogP contribution in [-0.2, 0) is 17.0 Å². The van der Waals surface area contributed by atoms with Crippen LogP contribution < -0.4 is 14.3 Å². The molecule has 2 aromatic heterocycles. The second-order valence-electron chi connectivity index (χ2n) is 9.33. The normalized spacial score (nSPS) is 12.2. The third kappa shape index (κ3) is 5.69. The smallest absolute Gasteiger partial charge is 0.483 e. The molecule has 212 valence electrons. The average Bonchev–Trinajstić information content (AvgIpc) is 3.29. The molecule has 0 aliphatic rings. The number of aromatic nitrogens is 2. The van der Waals surface area contributed by atoms with Gasteiger partial charge in [-0.3, -0.25) is 4.79 Å². The molecule has 0 atom stereocenters. The molecule has 8 nitrogen and oxygen atoms in total. The first-order valence-corrected chi connectivity index (χ1v) is 13.7. The number of ether oxygens (including phenoxy) is 1. The Morgan fingerprint density at radius 2 is 1.85 bits per heavy atom. The third-order valence-electron chi connectivity index (χ3n) is 6.51. The SMILES string of the molecule is CCCCn1c2cc(-c3cccc(OS(=O)(=O)F)c3)c(OCC(F)(F)F)cc2c(=O)c2c3ccc(C#N)cc3[nH]c21. The largest absolute Gasteiger partial charge is 0.488 e. The number of nitrogens with zero attached hydrogens (tertiary/aromatic N) is 2. The number of benzene rings is 3. The highest BCUT2D eigenvalue weighted by molar-refractivity contribution is 7.81. The van der Waals surface area contributed by atoms with Gasteiger partial charge in [0.1, 0.15) is 17.1 Å². The highest BCUT2D eigenvalue weighted by Crippen LogP contribution is 2.38. The van der Waals surface area contributed by atoms with Crippen molar-refractivity contribution in [2.24, 2.45) is 0 Å². The second kappa shape index (κ2) is 10.4. The van der Waals surface area contributed by atoms with Gasteiger partial charge in [0.15, 0.2) is 12.0 Å². The summed E-state index contributed by atoms with van der Waals surface area (Å²) in [6, 6.07) is 14.7. The minimum atomic E-state index is -5.37. The molecular weight excluding hydrogens is 566 g/mol. The molecule has 0 fully saturated rings. The van der Waals surface area contributed by atoms with Gasteiger partial charge in [-0.25, -0.2) is 0 Å². The fourth-order valence-corrected chi connectivity index (χ4v) is 5.13. The zero-order chi connectivity index (χ0) is 29.5. The van der Waals surface area contributed by atoms with E-state index in [-0.39, 0.29) is 22.3 Å². The zero-order valence-corrected chi connectivity index (χ0v) is 22.2. The van der Waals surface area contributed by atoms with Gasteiger partial charge in [0.25, 0.3) is 0 Å². The number of unbranched alkanes of at least 4 members (excludes halogenated alkanes) is 1. The minimum absolute atomic E-state index is 0.0929. The first kappa shape index (κ1) is 28.0. The summed E-state index contributed by atoms with van der Waals surface area (Å²) < 4.78 is 86.1. The van der Waals surface area contributed by atoms with Gasteiger partial charge in [0, 0.05) is 23.0 Å². The van der Waals surface area contributed by atoms with Gasteiger partial charge < -0.3 is 18.5 Å². The van der Waals surface area contributed by atoms with E-state index in [2.05, 4.69) is 15.2 Å². The lowest BCUT2D eigenvalue weighted by Gasteiger charge is -2.18. The van der Waals surface area contributed by atoms with Crippen LogP contribution >= 0.6 is 0 Å². The van der Waals surface area contributed by atoms with Crippen molar-refractivity contribution in [3.63, 3.8) is 0 Å². The molecule has 0 radical (unpaired) electrons. The van der Waals surface area contributed by atoms with Gasteiger partial charge in [0.05, 0.1) is 27.9 Å². The van der Waals surface area contributed by atoms with Crippen molar-refractivity contribution in [1.29, 1.82) is 5.26 Å². The fraction of sp³-hybridized carbons (Fsp3) is 0.214. The number of hydrogen-bond donors (Lipinski definition) is 1. The number of fused-ring (bicyclic) bond motifs is 4. The minimum Gasteiger partial charge on any atom is -0.483 e. The van der Waals surface area contributed by atoms with Crippen molar-refractivity contribution in [1.82, 2.24) is 9.55 Å². The van der Waals surface area contributed by atoms with Crippen LogP contribution in [0.15, 0.2) is 59.4 Å². The molecule has 0 unspecified atom stereocenters. The lowest BCUT2D eigenvalue weighted by atomic mass is 10.0. The number of H-pyrrole nitrogens is 1. The van der Waals surface area contributed by atoms with E-state index in [0.29, 0.717) is 46.0 Å². The molecular formula is C28H21F4N3O5S. The Morgan fingerprint density at radius 3 is 2.54 bits per heavy atom. The number of rotatable bonds is 8. The van der Waals surface area contributed by atoms with Gasteiger partial charge in [-0.05, 0) is 48.4 Å². The number of pyridine rings is 1. The Bertz CT molecular complexity index is 2030. The number of halogens is 4. The first-order valence-electron chi connectivity index (χ1n) is 12.4. The fourth-order valence-electron chi connectivity index (χ4n) is 4.80. The predicted molar refractivity (Wildman–Crippen MR) is 145 cm³/mol. The maximum Gasteiger partial charge on any atom is 0.488 e. The molecule has 3 aromatic carbocycles. The van der Waals surface area contributed by atoms with E-state index in [9.17, 15) is 35.5 Å². The molecule has 0 aliphatic heterocycles. The molecule has 5 aromatic rings. The van der Waals surface area contributed by atoms with Gasteiger partial charge in [-0.15, -0.1) is 0 Å². The van der Waals surface area contributed by atoms with Crippen molar-refractivity contribution in [2.45, 2.75) is 32.5 Å². The average molecular weight is 588 g/mol. The molecule has 41 heavy (non-hydrogen) atoms. The van der Waals surface area contributed by atoms with Crippen LogP contribution in [0.1, 0.15) is 25.3 Å². The predicted octanol–water partition coefficient (Wildman–Crippen LogP) is 6.51. The Morgan fingerprint density at radius 1 is 1.07 bits per heavy atom. The van der Waals surface area contributed by atoms with E-state index >= 15 is 0 Å².